The maximum absolute atomic E-state index is 13.7. The zero-order valence-corrected chi connectivity index (χ0v) is 26.2. The highest BCUT2D eigenvalue weighted by molar-refractivity contribution is 7.12. The maximum Gasteiger partial charge on any atom is 0.265 e. The van der Waals surface area contributed by atoms with Gasteiger partial charge in [0.15, 0.2) is 0 Å². The van der Waals surface area contributed by atoms with E-state index in [1.165, 1.54) is 22.7 Å². The Kier molecular flexibility index (Phi) is 9.23. The van der Waals surface area contributed by atoms with Gasteiger partial charge in [-0.2, -0.15) is 0 Å². The summed E-state index contributed by atoms with van der Waals surface area (Å²) in [5.74, 6) is 0.00203. The van der Waals surface area contributed by atoms with Gasteiger partial charge in [0.05, 0.1) is 21.1 Å². The van der Waals surface area contributed by atoms with Crippen molar-refractivity contribution in [2.45, 2.75) is 44.3 Å². The van der Waals surface area contributed by atoms with Crippen LogP contribution in [0.5, 0.6) is 0 Å². The van der Waals surface area contributed by atoms with Crippen molar-refractivity contribution in [3.05, 3.63) is 92.8 Å². The monoisotopic (exact) mass is 613 g/mol. The second-order valence-corrected chi connectivity index (χ2v) is 13.5. The lowest BCUT2D eigenvalue weighted by molar-refractivity contribution is 0.0611. The van der Waals surface area contributed by atoms with Crippen molar-refractivity contribution in [3.63, 3.8) is 0 Å². The molecule has 3 N–H and O–H groups in total. The molecule has 0 bridgehead atoms. The van der Waals surface area contributed by atoms with Gasteiger partial charge < -0.3 is 25.8 Å². The molecule has 2 aromatic heterocycles. The number of benzene rings is 2. The van der Waals surface area contributed by atoms with Gasteiger partial charge in [-0.3, -0.25) is 9.59 Å². The van der Waals surface area contributed by atoms with Crippen molar-refractivity contribution in [1.82, 2.24) is 9.80 Å². The van der Waals surface area contributed by atoms with Gasteiger partial charge >= 0.3 is 0 Å². The van der Waals surface area contributed by atoms with Crippen LogP contribution in [0.3, 0.4) is 0 Å². The van der Waals surface area contributed by atoms with Gasteiger partial charge in [0.25, 0.3) is 11.8 Å². The van der Waals surface area contributed by atoms with Crippen molar-refractivity contribution in [1.29, 1.82) is 0 Å². The van der Waals surface area contributed by atoms with E-state index >= 15 is 0 Å². The van der Waals surface area contributed by atoms with Crippen LogP contribution in [-0.2, 0) is 6.54 Å². The van der Waals surface area contributed by atoms with Crippen LogP contribution in [0.4, 0.5) is 11.4 Å². The Labute approximate surface area is 261 Å². The zero-order chi connectivity index (χ0) is 29.8. The molecule has 0 spiro atoms. The summed E-state index contributed by atoms with van der Waals surface area (Å²) in [6, 6.07) is 22.8. The molecule has 0 atom stereocenters. The number of hydrogen-bond donors (Lipinski definition) is 2. The molecule has 0 radical (unpaired) electrons. The third-order valence-corrected chi connectivity index (χ3v) is 10.3. The number of rotatable bonds is 8. The van der Waals surface area contributed by atoms with Gasteiger partial charge in [-0.1, -0.05) is 36.4 Å². The average Bonchev–Trinajstić information content (AvgIpc) is 3.77. The van der Waals surface area contributed by atoms with E-state index in [1.807, 2.05) is 35.0 Å². The summed E-state index contributed by atoms with van der Waals surface area (Å²) in [5.41, 5.74) is 11.2. The first-order valence-electron chi connectivity index (χ1n) is 15.1. The summed E-state index contributed by atoms with van der Waals surface area (Å²) >= 11 is 2.94. The predicted molar refractivity (Wildman–Crippen MR) is 178 cm³/mol. The number of nitrogens with zero attached hydrogens (tertiary/aromatic N) is 3. The van der Waals surface area contributed by atoms with E-state index < -0.39 is 0 Å². The molecule has 1 aliphatic carbocycles. The summed E-state index contributed by atoms with van der Waals surface area (Å²) in [4.78, 5) is 35.0. The fourth-order valence-corrected chi connectivity index (χ4v) is 7.40. The van der Waals surface area contributed by atoms with Crippen LogP contribution < -0.4 is 16.0 Å². The largest absolute Gasteiger partial charge is 0.367 e. The Bertz CT molecular complexity index is 1520. The second-order valence-electron chi connectivity index (χ2n) is 11.6. The van der Waals surface area contributed by atoms with Crippen LogP contribution in [0, 0.1) is 0 Å². The first kappa shape index (κ1) is 29.6. The number of hydrogen-bond acceptors (Lipinski definition) is 7. The molecular formula is C34H39N5O2S2. The van der Waals surface area contributed by atoms with Crippen LogP contribution in [0.2, 0.25) is 0 Å². The van der Waals surface area contributed by atoms with Crippen LogP contribution in [-0.4, -0.2) is 66.9 Å². The van der Waals surface area contributed by atoms with E-state index in [-0.39, 0.29) is 23.9 Å². The lowest BCUT2D eigenvalue weighted by Crippen LogP contribution is -2.44. The molecule has 1 saturated carbocycles. The molecule has 3 heterocycles. The van der Waals surface area contributed by atoms with Gasteiger partial charge in [-0.05, 0) is 90.5 Å². The number of carbonyl (C=O) groups excluding carboxylic acids is 2. The minimum Gasteiger partial charge on any atom is -0.367 e. The van der Waals surface area contributed by atoms with Gasteiger partial charge in [0.1, 0.15) is 0 Å². The van der Waals surface area contributed by atoms with Crippen molar-refractivity contribution < 1.29 is 9.59 Å². The number of thiophene rings is 2. The molecule has 2 amide bonds. The zero-order valence-electron chi connectivity index (χ0n) is 24.6. The van der Waals surface area contributed by atoms with Gasteiger partial charge in [0.2, 0.25) is 0 Å². The Morgan fingerprint density at radius 1 is 0.860 bits per heavy atom. The maximum atomic E-state index is 13.7. The quantitative estimate of drug-likeness (QED) is 0.241. The lowest BCUT2D eigenvalue weighted by atomic mass is 9.90. The van der Waals surface area contributed by atoms with E-state index in [2.05, 4.69) is 69.5 Å². The second kappa shape index (κ2) is 13.4. The van der Waals surface area contributed by atoms with Crippen LogP contribution in [0.1, 0.15) is 50.6 Å². The molecule has 6 rings (SSSR count). The molecule has 224 valence electrons. The third kappa shape index (κ3) is 7.02. The van der Waals surface area contributed by atoms with Gasteiger partial charge in [-0.15, -0.1) is 22.7 Å². The topological polar surface area (TPSA) is 81.9 Å². The molecule has 1 saturated heterocycles. The average molecular weight is 614 g/mol. The van der Waals surface area contributed by atoms with Gasteiger partial charge in [0, 0.05) is 44.8 Å². The molecule has 1 aliphatic heterocycles. The molecule has 9 heteroatoms. The predicted octanol–water partition coefficient (Wildman–Crippen LogP) is 6.39. The Morgan fingerprint density at radius 2 is 1.56 bits per heavy atom. The Morgan fingerprint density at radius 3 is 2.26 bits per heavy atom. The number of nitrogens with one attached hydrogen (secondary N) is 1. The normalized spacial score (nSPS) is 19.3. The fraction of sp³-hybridized carbons (Fsp3) is 0.353. The lowest BCUT2D eigenvalue weighted by Gasteiger charge is -2.36. The number of anilines is 2. The molecule has 2 aromatic carbocycles. The summed E-state index contributed by atoms with van der Waals surface area (Å²) < 4.78 is 0. The first-order chi connectivity index (χ1) is 20.9. The van der Waals surface area contributed by atoms with Crippen LogP contribution in [0.25, 0.3) is 11.1 Å². The molecule has 2 fully saturated rings. The van der Waals surface area contributed by atoms with Crippen molar-refractivity contribution >= 4 is 45.9 Å². The molecule has 43 heavy (non-hydrogen) atoms. The molecule has 4 aromatic rings. The smallest absolute Gasteiger partial charge is 0.265 e. The summed E-state index contributed by atoms with van der Waals surface area (Å²) in [5, 5.41) is 7.09. The SMILES string of the molecule is CN1CCN(c2ccc(-c3cccc(CN(C(=O)c4cccs4)C4CCC(N)CC4)c3)cc2NC(=O)c2cccs2)CC1. The number of carbonyl (C=O) groups is 2. The number of nitrogens with two attached hydrogens (primary N) is 1. The van der Waals surface area contributed by atoms with E-state index in [0.29, 0.717) is 11.4 Å². The minimum atomic E-state index is -0.0915. The molecule has 7 nitrogen and oxygen atoms in total. The standard InChI is InChI=1S/C34H39N5O2S2/c1-37-15-17-38(18-16-37)30-14-9-26(22-29(30)36-33(40)31-7-3-19-42-31)25-6-2-5-24(21-25)23-39(28-12-10-27(35)11-13-28)34(41)32-8-4-20-43-32/h2-9,14,19-22,27-28H,10-13,15-18,23,35H2,1H3,(H,36,40). The first-order valence-corrected chi connectivity index (χ1v) is 16.8. The number of amides is 2. The van der Waals surface area contributed by atoms with Crippen LogP contribution in [0.15, 0.2) is 77.5 Å². The highest BCUT2D eigenvalue weighted by Gasteiger charge is 2.29. The van der Waals surface area contributed by atoms with Crippen LogP contribution >= 0.6 is 22.7 Å². The Balaban J connectivity index is 1.28. The molecule has 0 unspecified atom stereocenters. The summed E-state index contributed by atoms with van der Waals surface area (Å²) in [6.07, 6.45) is 3.75. The highest BCUT2D eigenvalue weighted by atomic mass is 32.1. The summed E-state index contributed by atoms with van der Waals surface area (Å²) in [6.45, 7) is 4.33. The highest BCUT2D eigenvalue weighted by Crippen LogP contribution is 2.34. The number of likely N-dealkylation sites (N-methyl/N-ethyl adjacent to an activating group) is 1. The van der Waals surface area contributed by atoms with Gasteiger partial charge in [-0.25, -0.2) is 0 Å². The third-order valence-electron chi connectivity index (χ3n) is 8.62. The Hall–Kier alpha value is -3.50. The minimum absolute atomic E-state index is 0.0915. The molecular weight excluding hydrogens is 575 g/mol. The summed E-state index contributed by atoms with van der Waals surface area (Å²) in [7, 11) is 2.14. The van der Waals surface area contributed by atoms with E-state index in [4.69, 9.17) is 5.73 Å². The van der Waals surface area contributed by atoms with Crippen molar-refractivity contribution in [3.8, 4) is 11.1 Å². The van der Waals surface area contributed by atoms with E-state index in [9.17, 15) is 9.59 Å². The molecule has 2 aliphatic rings. The van der Waals surface area contributed by atoms with Crippen molar-refractivity contribution in [2.24, 2.45) is 5.73 Å². The fourth-order valence-electron chi connectivity index (χ4n) is 6.10. The number of piperazine rings is 1. The van der Waals surface area contributed by atoms with E-state index in [0.717, 1.165) is 84.8 Å². The van der Waals surface area contributed by atoms with E-state index in [1.54, 1.807) is 0 Å². The van der Waals surface area contributed by atoms with Crippen molar-refractivity contribution in [2.75, 3.05) is 43.4 Å².